The topological polar surface area (TPSA) is 58.2 Å². The SMILES string of the molecule is CCOC(=O)N1CCC(c2ncc[nH]2)CC1. The zero-order valence-electron chi connectivity index (χ0n) is 9.48. The fourth-order valence-electron chi connectivity index (χ4n) is 2.05. The Morgan fingerprint density at radius 2 is 2.38 bits per heavy atom. The normalized spacial score (nSPS) is 17.4. The zero-order chi connectivity index (χ0) is 11.4. The van der Waals surface area contributed by atoms with Crippen molar-refractivity contribution < 1.29 is 9.53 Å². The van der Waals surface area contributed by atoms with Gasteiger partial charge < -0.3 is 14.6 Å². The third kappa shape index (κ3) is 2.35. The van der Waals surface area contributed by atoms with Crippen molar-refractivity contribution in [1.29, 1.82) is 0 Å². The predicted molar refractivity (Wildman–Crippen MR) is 59.2 cm³/mol. The molecule has 1 aromatic rings. The number of piperidine rings is 1. The van der Waals surface area contributed by atoms with Crippen LogP contribution >= 0.6 is 0 Å². The second-order valence-electron chi connectivity index (χ2n) is 3.93. The van der Waals surface area contributed by atoms with E-state index in [0.717, 1.165) is 31.8 Å². The van der Waals surface area contributed by atoms with Crippen LogP contribution in [0.3, 0.4) is 0 Å². The molecular formula is C11H17N3O2. The molecule has 1 fully saturated rings. The number of amides is 1. The number of nitrogens with one attached hydrogen (secondary N) is 1. The molecule has 2 rings (SSSR count). The molecule has 16 heavy (non-hydrogen) atoms. The molecule has 0 saturated carbocycles. The van der Waals surface area contributed by atoms with Gasteiger partial charge in [0, 0.05) is 31.4 Å². The first-order valence-electron chi connectivity index (χ1n) is 5.72. The maximum Gasteiger partial charge on any atom is 0.409 e. The lowest BCUT2D eigenvalue weighted by molar-refractivity contribution is 0.0966. The van der Waals surface area contributed by atoms with Gasteiger partial charge in [0.25, 0.3) is 0 Å². The summed E-state index contributed by atoms with van der Waals surface area (Å²) in [6.07, 6.45) is 5.32. The fraction of sp³-hybridized carbons (Fsp3) is 0.636. The number of carbonyl (C=O) groups is 1. The number of aromatic amines is 1. The minimum Gasteiger partial charge on any atom is -0.450 e. The number of H-pyrrole nitrogens is 1. The maximum atomic E-state index is 11.5. The molecule has 0 aliphatic carbocycles. The molecule has 5 nitrogen and oxygen atoms in total. The van der Waals surface area contributed by atoms with Gasteiger partial charge in [-0.2, -0.15) is 0 Å². The van der Waals surface area contributed by atoms with Crippen molar-refractivity contribution in [3.05, 3.63) is 18.2 Å². The lowest BCUT2D eigenvalue weighted by atomic mass is 9.96. The van der Waals surface area contributed by atoms with E-state index in [4.69, 9.17) is 4.74 Å². The Labute approximate surface area is 94.8 Å². The second kappa shape index (κ2) is 5.01. The smallest absolute Gasteiger partial charge is 0.409 e. The molecule has 1 aliphatic heterocycles. The van der Waals surface area contributed by atoms with Gasteiger partial charge in [-0.15, -0.1) is 0 Å². The van der Waals surface area contributed by atoms with E-state index < -0.39 is 0 Å². The highest BCUT2D eigenvalue weighted by atomic mass is 16.6. The van der Waals surface area contributed by atoms with Crippen LogP contribution in [0.2, 0.25) is 0 Å². The molecule has 1 aliphatic rings. The molecule has 0 aromatic carbocycles. The summed E-state index contributed by atoms with van der Waals surface area (Å²) >= 11 is 0. The van der Waals surface area contributed by atoms with Crippen LogP contribution in [-0.4, -0.2) is 40.7 Å². The van der Waals surface area contributed by atoms with Crippen LogP contribution in [0.1, 0.15) is 31.5 Å². The average Bonchev–Trinajstić information content (AvgIpc) is 2.83. The minimum atomic E-state index is -0.194. The molecule has 0 atom stereocenters. The van der Waals surface area contributed by atoms with Gasteiger partial charge in [-0.3, -0.25) is 0 Å². The molecule has 0 radical (unpaired) electrons. The number of likely N-dealkylation sites (tertiary alicyclic amines) is 1. The van der Waals surface area contributed by atoms with E-state index in [0.29, 0.717) is 12.5 Å². The lowest BCUT2D eigenvalue weighted by Gasteiger charge is -2.30. The summed E-state index contributed by atoms with van der Waals surface area (Å²) in [4.78, 5) is 20.6. The molecule has 1 N–H and O–H groups in total. The molecule has 1 amide bonds. The molecule has 0 spiro atoms. The standard InChI is InChI=1S/C11H17N3O2/c1-2-16-11(15)14-7-3-9(4-8-14)10-12-5-6-13-10/h5-6,9H,2-4,7-8H2,1H3,(H,12,13). The molecule has 1 aromatic heterocycles. The van der Waals surface area contributed by atoms with Crippen LogP contribution < -0.4 is 0 Å². The van der Waals surface area contributed by atoms with E-state index >= 15 is 0 Å². The van der Waals surface area contributed by atoms with Crippen LogP contribution in [-0.2, 0) is 4.74 Å². The highest BCUT2D eigenvalue weighted by Gasteiger charge is 2.25. The molecule has 2 heterocycles. The predicted octanol–water partition coefficient (Wildman–Crippen LogP) is 1.75. The Kier molecular flexibility index (Phi) is 3.44. The maximum absolute atomic E-state index is 11.5. The number of imidazole rings is 1. The summed E-state index contributed by atoms with van der Waals surface area (Å²) in [7, 11) is 0. The number of ether oxygens (including phenoxy) is 1. The lowest BCUT2D eigenvalue weighted by Crippen LogP contribution is -2.38. The van der Waals surface area contributed by atoms with E-state index in [9.17, 15) is 4.79 Å². The summed E-state index contributed by atoms with van der Waals surface area (Å²) in [5, 5.41) is 0. The Morgan fingerprint density at radius 1 is 1.62 bits per heavy atom. The molecule has 5 heteroatoms. The Balaban J connectivity index is 1.85. The van der Waals surface area contributed by atoms with Crippen molar-refractivity contribution in [3.8, 4) is 0 Å². The highest BCUT2D eigenvalue weighted by Crippen LogP contribution is 2.25. The van der Waals surface area contributed by atoms with Crippen molar-refractivity contribution in [3.63, 3.8) is 0 Å². The van der Waals surface area contributed by atoms with E-state index in [1.165, 1.54) is 0 Å². The van der Waals surface area contributed by atoms with Gasteiger partial charge in [-0.05, 0) is 19.8 Å². The van der Waals surface area contributed by atoms with Crippen molar-refractivity contribution in [2.45, 2.75) is 25.7 Å². The number of nitrogens with zero attached hydrogens (tertiary/aromatic N) is 2. The molecule has 0 bridgehead atoms. The number of hydrogen-bond acceptors (Lipinski definition) is 3. The van der Waals surface area contributed by atoms with E-state index in [1.54, 1.807) is 11.1 Å². The van der Waals surface area contributed by atoms with Crippen LogP contribution in [0.25, 0.3) is 0 Å². The van der Waals surface area contributed by atoms with Crippen molar-refractivity contribution in [1.82, 2.24) is 14.9 Å². The summed E-state index contributed by atoms with van der Waals surface area (Å²) in [6, 6.07) is 0. The van der Waals surface area contributed by atoms with Crippen molar-refractivity contribution in [2.24, 2.45) is 0 Å². The summed E-state index contributed by atoms with van der Waals surface area (Å²) in [6.45, 7) is 3.78. The monoisotopic (exact) mass is 223 g/mol. The first kappa shape index (κ1) is 11.0. The van der Waals surface area contributed by atoms with Gasteiger partial charge in [0.1, 0.15) is 5.82 Å². The summed E-state index contributed by atoms with van der Waals surface area (Å²) < 4.78 is 4.97. The van der Waals surface area contributed by atoms with Gasteiger partial charge in [0.15, 0.2) is 0 Å². The molecule has 1 saturated heterocycles. The number of hydrogen-bond donors (Lipinski definition) is 1. The Bertz CT molecular complexity index is 329. The number of rotatable bonds is 2. The third-order valence-electron chi connectivity index (χ3n) is 2.93. The van der Waals surface area contributed by atoms with Crippen LogP contribution in [0.4, 0.5) is 4.79 Å². The Hall–Kier alpha value is -1.52. The molecule has 0 unspecified atom stereocenters. The van der Waals surface area contributed by atoms with Gasteiger partial charge in [0.2, 0.25) is 0 Å². The van der Waals surface area contributed by atoms with Crippen LogP contribution in [0.15, 0.2) is 12.4 Å². The largest absolute Gasteiger partial charge is 0.450 e. The average molecular weight is 223 g/mol. The van der Waals surface area contributed by atoms with Crippen molar-refractivity contribution >= 4 is 6.09 Å². The zero-order valence-corrected chi connectivity index (χ0v) is 9.48. The Morgan fingerprint density at radius 3 is 2.94 bits per heavy atom. The second-order valence-corrected chi connectivity index (χ2v) is 3.93. The third-order valence-corrected chi connectivity index (χ3v) is 2.93. The van der Waals surface area contributed by atoms with Gasteiger partial charge in [0.05, 0.1) is 6.61 Å². The van der Waals surface area contributed by atoms with E-state index in [-0.39, 0.29) is 6.09 Å². The quantitative estimate of drug-likeness (QED) is 0.830. The van der Waals surface area contributed by atoms with Gasteiger partial charge >= 0.3 is 6.09 Å². The summed E-state index contributed by atoms with van der Waals surface area (Å²) in [5.74, 6) is 1.48. The minimum absolute atomic E-state index is 0.194. The van der Waals surface area contributed by atoms with Crippen molar-refractivity contribution in [2.75, 3.05) is 19.7 Å². The first-order chi connectivity index (χ1) is 7.81. The molecule has 88 valence electrons. The highest BCUT2D eigenvalue weighted by molar-refractivity contribution is 5.67. The van der Waals surface area contributed by atoms with E-state index in [2.05, 4.69) is 9.97 Å². The van der Waals surface area contributed by atoms with Crippen LogP contribution in [0, 0.1) is 0 Å². The number of aromatic nitrogens is 2. The van der Waals surface area contributed by atoms with Crippen LogP contribution in [0.5, 0.6) is 0 Å². The molecular weight excluding hydrogens is 206 g/mol. The fourth-order valence-corrected chi connectivity index (χ4v) is 2.05. The van der Waals surface area contributed by atoms with Gasteiger partial charge in [-0.25, -0.2) is 9.78 Å². The van der Waals surface area contributed by atoms with Gasteiger partial charge in [-0.1, -0.05) is 0 Å². The summed E-state index contributed by atoms with van der Waals surface area (Å²) in [5.41, 5.74) is 0. The first-order valence-corrected chi connectivity index (χ1v) is 5.72. The van der Waals surface area contributed by atoms with E-state index in [1.807, 2.05) is 13.1 Å². The number of carbonyl (C=O) groups excluding carboxylic acids is 1.